The Morgan fingerprint density at radius 3 is 2.76 bits per heavy atom. The third-order valence-corrected chi connectivity index (χ3v) is 4.82. The quantitative estimate of drug-likeness (QED) is 0.899. The lowest BCUT2D eigenvalue weighted by Crippen LogP contribution is -2.31. The zero-order valence-corrected chi connectivity index (χ0v) is 12.8. The monoisotopic (exact) mass is 283 g/mol. The number of benzene rings is 1. The van der Waals surface area contributed by atoms with Crippen LogP contribution < -0.4 is 11.1 Å². The van der Waals surface area contributed by atoms with Crippen molar-refractivity contribution >= 4 is 16.7 Å². The molecule has 1 saturated carbocycles. The maximum absolute atomic E-state index is 5.92. The summed E-state index contributed by atoms with van der Waals surface area (Å²) in [6.45, 7) is 3.94. The summed E-state index contributed by atoms with van der Waals surface area (Å²) in [5.41, 5.74) is 8.20. The van der Waals surface area contributed by atoms with Gasteiger partial charge in [0.1, 0.15) is 5.82 Å². The van der Waals surface area contributed by atoms with Gasteiger partial charge in [0.2, 0.25) is 0 Å². The van der Waals surface area contributed by atoms with Gasteiger partial charge in [0.15, 0.2) is 0 Å². The van der Waals surface area contributed by atoms with E-state index in [9.17, 15) is 0 Å². The van der Waals surface area contributed by atoms with E-state index in [1.54, 1.807) is 0 Å². The van der Waals surface area contributed by atoms with E-state index >= 15 is 0 Å². The van der Waals surface area contributed by atoms with Crippen molar-refractivity contribution in [3.63, 3.8) is 0 Å². The number of rotatable bonds is 4. The molecule has 21 heavy (non-hydrogen) atoms. The van der Waals surface area contributed by atoms with E-state index in [0.717, 1.165) is 24.4 Å². The lowest BCUT2D eigenvalue weighted by Gasteiger charge is -2.31. The molecule has 2 unspecified atom stereocenters. The SMILES string of the molecule is Cc1cc2ccccc2nc1NCC1CCCCC1CN. The van der Waals surface area contributed by atoms with Crippen molar-refractivity contribution < 1.29 is 0 Å². The molecule has 3 nitrogen and oxygen atoms in total. The Bertz CT molecular complexity index is 608. The van der Waals surface area contributed by atoms with Crippen molar-refractivity contribution in [3.8, 4) is 0 Å². The first-order chi connectivity index (χ1) is 10.3. The van der Waals surface area contributed by atoms with Gasteiger partial charge in [0.25, 0.3) is 0 Å². The number of nitrogens with two attached hydrogens (primary N) is 1. The van der Waals surface area contributed by atoms with Crippen LogP contribution in [0.1, 0.15) is 31.2 Å². The number of hydrogen-bond donors (Lipinski definition) is 2. The van der Waals surface area contributed by atoms with Crippen LogP contribution in [0, 0.1) is 18.8 Å². The highest BCUT2D eigenvalue weighted by molar-refractivity contribution is 5.81. The van der Waals surface area contributed by atoms with Crippen LogP contribution >= 0.6 is 0 Å². The summed E-state index contributed by atoms with van der Waals surface area (Å²) in [5.74, 6) is 2.39. The van der Waals surface area contributed by atoms with Crippen molar-refractivity contribution in [2.45, 2.75) is 32.6 Å². The summed E-state index contributed by atoms with van der Waals surface area (Å²) in [6.07, 6.45) is 5.26. The third-order valence-electron chi connectivity index (χ3n) is 4.82. The van der Waals surface area contributed by atoms with E-state index in [4.69, 9.17) is 10.7 Å². The number of aryl methyl sites for hydroxylation is 1. The Morgan fingerprint density at radius 1 is 1.19 bits per heavy atom. The normalized spacial score (nSPS) is 22.4. The molecular formula is C18H25N3. The molecule has 0 amide bonds. The molecule has 2 atom stereocenters. The smallest absolute Gasteiger partial charge is 0.129 e. The van der Waals surface area contributed by atoms with Gasteiger partial charge in [-0.1, -0.05) is 31.0 Å². The zero-order chi connectivity index (χ0) is 14.7. The van der Waals surface area contributed by atoms with Crippen LogP contribution in [0.2, 0.25) is 0 Å². The number of fused-ring (bicyclic) bond motifs is 1. The maximum atomic E-state index is 5.92. The molecule has 1 aromatic heterocycles. The molecule has 1 aromatic carbocycles. The molecule has 2 aromatic rings. The van der Waals surface area contributed by atoms with Crippen LogP contribution in [0.3, 0.4) is 0 Å². The second-order valence-corrected chi connectivity index (χ2v) is 6.27. The van der Waals surface area contributed by atoms with Crippen LogP contribution in [0.4, 0.5) is 5.82 Å². The highest BCUT2D eigenvalue weighted by Crippen LogP contribution is 2.30. The van der Waals surface area contributed by atoms with Gasteiger partial charge < -0.3 is 11.1 Å². The molecule has 0 radical (unpaired) electrons. The summed E-state index contributed by atoms with van der Waals surface area (Å²) in [6, 6.07) is 10.5. The van der Waals surface area contributed by atoms with Crippen LogP contribution in [0.5, 0.6) is 0 Å². The molecule has 3 N–H and O–H groups in total. The van der Waals surface area contributed by atoms with Gasteiger partial charge in [-0.25, -0.2) is 4.98 Å². The largest absolute Gasteiger partial charge is 0.370 e. The summed E-state index contributed by atoms with van der Waals surface area (Å²) in [5, 5.41) is 4.78. The van der Waals surface area contributed by atoms with E-state index in [2.05, 4.69) is 36.5 Å². The molecule has 0 bridgehead atoms. The first-order valence-corrected chi connectivity index (χ1v) is 8.08. The van der Waals surface area contributed by atoms with Crippen LogP contribution in [-0.4, -0.2) is 18.1 Å². The molecule has 112 valence electrons. The summed E-state index contributed by atoms with van der Waals surface area (Å²) in [4.78, 5) is 4.77. The fraction of sp³-hybridized carbons (Fsp3) is 0.500. The molecule has 3 rings (SSSR count). The number of para-hydroxylation sites is 1. The fourth-order valence-electron chi connectivity index (χ4n) is 3.49. The second kappa shape index (κ2) is 6.44. The van der Waals surface area contributed by atoms with Crippen molar-refractivity contribution in [3.05, 3.63) is 35.9 Å². The average Bonchev–Trinajstić information content (AvgIpc) is 2.53. The van der Waals surface area contributed by atoms with Crippen LogP contribution in [0.25, 0.3) is 10.9 Å². The Labute approximate surface area is 127 Å². The van der Waals surface area contributed by atoms with Crippen LogP contribution in [-0.2, 0) is 0 Å². The second-order valence-electron chi connectivity index (χ2n) is 6.27. The Kier molecular flexibility index (Phi) is 4.39. The first kappa shape index (κ1) is 14.3. The average molecular weight is 283 g/mol. The number of aromatic nitrogens is 1. The minimum absolute atomic E-state index is 0.673. The minimum atomic E-state index is 0.673. The number of nitrogens with one attached hydrogen (secondary N) is 1. The third kappa shape index (κ3) is 3.18. The first-order valence-electron chi connectivity index (χ1n) is 8.08. The van der Waals surface area contributed by atoms with Gasteiger partial charge in [0.05, 0.1) is 5.52 Å². The zero-order valence-electron chi connectivity index (χ0n) is 12.8. The molecule has 0 spiro atoms. The standard InChI is InChI=1S/C18H25N3/c1-13-10-14-6-4-5-9-17(14)21-18(13)20-12-16-8-3-2-7-15(16)11-19/h4-6,9-10,15-16H,2-3,7-8,11-12,19H2,1H3,(H,20,21). The molecule has 1 aliphatic rings. The fourth-order valence-corrected chi connectivity index (χ4v) is 3.49. The predicted octanol–water partition coefficient (Wildman–Crippen LogP) is 3.72. The van der Waals surface area contributed by atoms with Crippen molar-refractivity contribution in [2.24, 2.45) is 17.6 Å². The lowest BCUT2D eigenvalue weighted by molar-refractivity contribution is 0.255. The Hall–Kier alpha value is -1.61. The molecule has 0 saturated heterocycles. The van der Waals surface area contributed by atoms with Crippen molar-refractivity contribution in [1.82, 2.24) is 4.98 Å². The molecular weight excluding hydrogens is 258 g/mol. The van der Waals surface area contributed by atoms with E-state index in [1.807, 2.05) is 6.07 Å². The molecule has 3 heteroatoms. The highest BCUT2D eigenvalue weighted by Gasteiger charge is 2.23. The van der Waals surface area contributed by atoms with E-state index in [-0.39, 0.29) is 0 Å². The summed E-state index contributed by atoms with van der Waals surface area (Å²) >= 11 is 0. The Morgan fingerprint density at radius 2 is 1.95 bits per heavy atom. The van der Waals surface area contributed by atoms with Gasteiger partial charge in [-0.05, 0) is 55.8 Å². The highest BCUT2D eigenvalue weighted by atomic mass is 15.0. The topological polar surface area (TPSA) is 50.9 Å². The number of pyridine rings is 1. The van der Waals surface area contributed by atoms with Gasteiger partial charge in [-0.3, -0.25) is 0 Å². The van der Waals surface area contributed by atoms with Gasteiger partial charge in [0, 0.05) is 11.9 Å². The predicted molar refractivity (Wildman–Crippen MR) is 89.5 cm³/mol. The minimum Gasteiger partial charge on any atom is -0.370 e. The molecule has 1 aliphatic carbocycles. The maximum Gasteiger partial charge on any atom is 0.129 e. The van der Waals surface area contributed by atoms with Gasteiger partial charge in [-0.2, -0.15) is 0 Å². The van der Waals surface area contributed by atoms with Gasteiger partial charge >= 0.3 is 0 Å². The molecule has 0 aliphatic heterocycles. The number of anilines is 1. The van der Waals surface area contributed by atoms with Crippen molar-refractivity contribution in [2.75, 3.05) is 18.4 Å². The molecule has 1 fully saturated rings. The van der Waals surface area contributed by atoms with Crippen molar-refractivity contribution in [1.29, 1.82) is 0 Å². The van der Waals surface area contributed by atoms with E-state index < -0.39 is 0 Å². The van der Waals surface area contributed by atoms with E-state index in [0.29, 0.717) is 11.8 Å². The Balaban J connectivity index is 1.73. The lowest BCUT2D eigenvalue weighted by atomic mass is 9.79. The summed E-state index contributed by atoms with van der Waals surface area (Å²) < 4.78 is 0. The van der Waals surface area contributed by atoms with E-state index in [1.165, 1.54) is 36.6 Å². The summed E-state index contributed by atoms with van der Waals surface area (Å²) in [7, 11) is 0. The number of hydrogen-bond acceptors (Lipinski definition) is 3. The van der Waals surface area contributed by atoms with Gasteiger partial charge in [-0.15, -0.1) is 0 Å². The molecule has 1 heterocycles. The van der Waals surface area contributed by atoms with Crippen LogP contribution in [0.15, 0.2) is 30.3 Å². The number of nitrogens with zero attached hydrogens (tertiary/aromatic N) is 1.